The van der Waals surface area contributed by atoms with E-state index < -0.39 is 18.1 Å². The molecule has 0 aromatic heterocycles. The third-order valence-electron chi connectivity index (χ3n) is 4.10. The van der Waals surface area contributed by atoms with Gasteiger partial charge in [-0.15, -0.1) is 0 Å². The number of benzene rings is 1. The molecule has 23 heavy (non-hydrogen) atoms. The lowest BCUT2D eigenvalue weighted by atomic mass is 9.86. The summed E-state index contributed by atoms with van der Waals surface area (Å²) in [5.41, 5.74) is 2.13. The Labute approximate surface area is 137 Å². The number of nitrogens with one attached hydrogen (secondary N) is 1. The Morgan fingerprint density at radius 3 is 2.43 bits per heavy atom. The largest absolute Gasteiger partial charge is 0.480 e. The van der Waals surface area contributed by atoms with Crippen molar-refractivity contribution in [2.75, 3.05) is 6.61 Å². The summed E-state index contributed by atoms with van der Waals surface area (Å²) in [7, 11) is 0. The zero-order valence-electron chi connectivity index (χ0n) is 14.0. The zero-order chi connectivity index (χ0) is 17.0. The first kappa shape index (κ1) is 17.5. The van der Waals surface area contributed by atoms with Crippen LogP contribution in [0.5, 0.6) is 0 Å². The van der Waals surface area contributed by atoms with Crippen LogP contribution in [0.2, 0.25) is 0 Å². The molecule has 1 heterocycles. The first-order valence-corrected chi connectivity index (χ1v) is 8.01. The Morgan fingerprint density at radius 1 is 1.30 bits per heavy atom. The van der Waals surface area contributed by atoms with Gasteiger partial charge in [0.1, 0.15) is 12.1 Å². The van der Waals surface area contributed by atoms with Crippen LogP contribution >= 0.6 is 0 Å². The topological polar surface area (TPSA) is 75.6 Å². The molecule has 1 fully saturated rings. The van der Waals surface area contributed by atoms with Gasteiger partial charge in [-0.25, -0.2) is 4.79 Å². The fraction of sp³-hybridized carbons (Fsp3) is 0.556. The molecule has 0 aliphatic carbocycles. The van der Waals surface area contributed by atoms with Gasteiger partial charge in [0.05, 0.1) is 0 Å². The van der Waals surface area contributed by atoms with E-state index in [4.69, 9.17) is 4.74 Å². The first-order valence-electron chi connectivity index (χ1n) is 8.01. The molecule has 5 heteroatoms. The third-order valence-corrected chi connectivity index (χ3v) is 4.10. The van der Waals surface area contributed by atoms with E-state index in [2.05, 4.69) is 26.1 Å². The molecule has 1 aromatic carbocycles. The summed E-state index contributed by atoms with van der Waals surface area (Å²) in [6, 6.07) is 6.93. The van der Waals surface area contributed by atoms with Crippen molar-refractivity contribution < 1.29 is 19.4 Å². The molecule has 0 radical (unpaired) electrons. The second-order valence-electron chi connectivity index (χ2n) is 7.05. The maximum Gasteiger partial charge on any atom is 0.326 e. The maximum absolute atomic E-state index is 12.0. The van der Waals surface area contributed by atoms with Crippen LogP contribution in [-0.4, -0.2) is 35.7 Å². The lowest BCUT2D eigenvalue weighted by Gasteiger charge is -2.20. The quantitative estimate of drug-likeness (QED) is 0.873. The molecule has 2 atom stereocenters. The smallest absolute Gasteiger partial charge is 0.326 e. The number of hydrogen-bond donors (Lipinski definition) is 2. The molecular weight excluding hydrogens is 294 g/mol. The second kappa shape index (κ2) is 7.13. The van der Waals surface area contributed by atoms with E-state index >= 15 is 0 Å². The van der Waals surface area contributed by atoms with Crippen molar-refractivity contribution in [3.8, 4) is 0 Å². The average molecular weight is 319 g/mol. The van der Waals surface area contributed by atoms with E-state index in [1.165, 1.54) is 5.56 Å². The van der Waals surface area contributed by atoms with Crippen molar-refractivity contribution in [3.63, 3.8) is 0 Å². The minimum absolute atomic E-state index is 0.0543. The fourth-order valence-corrected chi connectivity index (χ4v) is 2.63. The standard InChI is InChI=1S/C18H25NO4/c1-18(2,3)13-8-6-12(7-9-13)11-14(17(21)22)19-16(20)15-5-4-10-23-15/h6-9,14-15H,4-5,10-11H2,1-3H3,(H,19,20)(H,21,22)/t14-,15-/m1/s1. The van der Waals surface area contributed by atoms with Crippen LogP contribution in [0.15, 0.2) is 24.3 Å². The predicted molar refractivity (Wildman–Crippen MR) is 87.4 cm³/mol. The first-order chi connectivity index (χ1) is 10.8. The molecule has 2 N–H and O–H groups in total. The summed E-state index contributed by atoms with van der Waals surface area (Å²) >= 11 is 0. The zero-order valence-corrected chi connectivity index (χ0v) is 14.0. The van der Waals surface area contributed by atoms with Gasteiger partial charge in [0.15, 0.2) is 0 Å². The van der Waals surface area contributed by atoms with Crippen molar-refractivity contribution in [2.24, 2.45) is 0 Å². The molecule has 1 aliphatic heterocycles. The highest BCUT2D eigenvalue weighted by Crippen LogP contribution is 2.22. The molecule has 0 saturated carbocycles. The van der Waals surface area contributed by atoms with E-state index in [1.807, 2.05) is 24.3 Å². The molecule has 2 rings (SSSR count). The molecule has 126 valence electrons. The predicted octanol–water partition coefficient (Wildman–Crippen LogP) is 2.27. The summed E-state index contributed by atoms with van der Waals surface area (Å²) in [5, 5.41) is 11.9. The molecule has 0 bridgehead atoms. The fourth-order valence-electron chi connectivity index (χ4n) is 2.63. The summed E-state index contributed by atoms with van der Waals surface area (Å²) in [6.45, 7) is 6.95. The number of carboxylic acids is 1. The lowest BCUT2D eigenvalue weighted by Crippen LogP contribution is -2.46. The molecule has 5 nitrogen and oxygen atoms in total. The SMILES string of the molecule is CC(C)(C)c1ccc(C[C@@H](NC(=O)[C@H]2CCCO2)C(=O)O)cc1. The van der Waals surface area contributed by atoms with Gasteiger partial charge in [-0.05, 0) is 29.4 Å². The van der Waals surface area contributed by atoms with Crippen molar-refractivity contribution in [1.82, 2.24) is 5.32 Å². The van der Waals surface area contributed by atoms with Gasteiger partial charge < -0.3 is 15.2 Å². The molecule has 1 aromatic rings. The Bertz CT molecular complexity index is 553. The van der Waals surface area contributed by atoms with Crippen LogP contribution in [0, 0.1) is 0 Å². The van der Waals surface area contributed by atoms with Crippen LogP contribution in [-0.2, 0) is 26.2 Å². The van der Waals surface area contributed by atoms with Gasteiger partial charge in [-0.1, -0.05) is 45.0 Å². The highest BCUT2D eigenvalue weighted by molar-refractivity contribution is 5.86. The van der Waals surface area contributed by atoms with E-state index in [-0.39, 0.29) is 17.7 Å². The maximum atomic E-state index is 12.0. The minimum Gasteiger partial charge on any atom is -0.480 e. The number of hydrogen-bond acceptors (Lipinski definition) is 3. The van der Waals surface area contributed by atoms with Crippen molar-refractivity contribution in [3.05, 3.63) is 35.4 Å². The molecular formula is C18H25NO4. The van der Waals surface area contributed by atoms with E-state index in [0.29, 0.717) is 13.0 Å². The lowest BCUT2D eigenvalue weighted by molar-refractivity contribution is -0.143. The molecule has 1 saturated heterocycles. The van der Waals surface area contributed by atoms with E-state index in [9.17, 15) is 14.7 Å². The molecule has 1 amide bonds. The summed E-state index contributed by atoms with van der Waals surface area (Å²) < 4.78 is 5.29. The minimum atomic E-state index is -1.03. The summed E-state index contributed by atoms with van der Waals surface area (Å²) in [5.74, 6) is -1.36. The Hall–Kier alpha value is -1.88. The van der Waals surface area contributed by atoms with Crippen LogP contribution in [0.3, 0.4) is 0 Å². The van der Waals surface area contributed by atoms with Gasteiger partial charge in [-0.2, -0.15) is 0 Å². The van der Waals surface area contributed by atoms with Crippen LogP contribution in [0.25, 0.3) is 0 Å². The Kier molecular flexibility index (Phi) is 5.42. The number of carboxylic acid groups (broad SMARTS) is 1. The summed E-state index contributed by atoms with van der Waals surface area (Å²) in [6.07, 6.45) is 1.24. The number of aliphatic carboxylic acids is 1. The number of carbonyl (C=O) groups excluding carboxylic acids is 1. The van der Waals surface area contributed by atoms with E-state index in [0.717, 1.165) is 12.0 Å². The van der Waals surface area contributed by atoms with Crippen molar-refractivity contribution >= 4 is 11.9 Å². The normalized spacial score (nSPS) is 19.3. The number of ether oxygens (including phenoxy) is 1. The summed E-state index contributed by atoms with van der Waals surface area (Å²) in [4.78, 5) is 23.5. The van der Waals surface area contributed by atoms with Gasteiger partial charge in [0.2, 0.25) is 5.91 Å². The number of rotatable bonds is 5. The molecule has 0 spiro atoms. The second-order valence-corrected chi connectivity index (χ2v) is 7.05. The molecule has 1 aliphatic rings. The Morgan fingerprint density at radius 2 is 1.96 bits per heavy atom. The van der Waals surface area contributed by atoms with Crippen LogP contribution in [0.4, 0.5) is 0 Å². The van der Waals surface area contributed by atoms with Crippen LogP contribution in [0.1, 0.15) is 44.7 Å². The van der Waals surface area contributed by atoms with Gasteiger partial charge in [0.25, 0.3) is 0 Å². The van der Waals surface area contributed by atoms with Crippen molar-refractivity contribution in [2.45, 2.75) is 57.6 Å². The van der Waals surface area contributed by atoms with Crippen molar-refractivity contribution in [1.29, 1.82) is 0 Å². The molecule has 0 unspecified atom stereocenters. The number of amides is 1. The third kappa shape index (κ3) is 4.79. The Balaban J connectivity index is 2.01. The highest BCUT2D eigenvalue weighted by Gasteiger charge is 2.28. The average Bonchev–Trinajstić information content (AvgIpc) is 3.00. The van der Waals surface area contributed by atoms with Crippen LogP contribution < -0.4 is 5.32 Å². The highest BCUT2D eigenvalue weighted by atomic mass is 16.5. The van der Waals surface area contributed by atoms with Gasteiger partial charge in [0, 0.05) is 13.0 Å². The number of carbonyl (C=O) groups is 2. The van der Waals surface area contributed by atoms with Gasteiger partial charge >= 0.3 is 5.97 Å². The monoisotopic (exact) mass is 319 g/mol. The van der Waals surface area contributed by atoms with Gasteiger partial charge in [-0.3, -0.25) is 4.79 Å². The van der Waals surface area contributed by atoms with E-state index in [1.54, 1.807) is 0 Å².